The Morgan fingerprint density at radius 3 is 2.59 bits per heavy atom. The van der Waals surface area contributed by atoms with Gasteiger partial charge in [0, 0.05) is 5.69 Å². The predicted molar refractivity (Wildman–Crippen MR) is 77.6 cm³/mol. The van der Waals surface area contributed by atoms with E-state index in [1.807, 2.05) is 25.1 Å². The normalized spacial score (nSPS) is 10.5. The summed E-state index contributed by atoms with van der Waals surface area (Å²) in [6, 6.07) is 11.6. The maximum atomic E-state index is 12.0. The fourth-order valence-corrected chi connectivity index (χ4v) is 1.92. The number of nitrogens with zero attached hydrogens (tertiary/aromatic N) is 1. The molecule has 0 aliphatic heterocycles. The van der Waals surface area contributed by atoms with Crippen LogP contribution in [0.3, 0.4) is 0 Å². The summed E-state index contributed by atoms with van der Waals surface area (Å²) in [5.74, 6) is -0.0889. The van der Waals surface area contributed by atoms with Gasteiger partial charge in [-0.15, -0.1) is 0 Å². The third-order valence-electron chi connectivity index (χ3n) is 2.93. The Hall–Kier alpha value is -2.50. The molecule has 6 heteroatoms. The lowest BCUT2D eigenvalue weighted by molar-refractivity contribution is -0.120. The Kier molecular flexibility index (Phi) is 5.41. The van der Waals surface area contributed by atoms with Crippen molar-refractivity contribution in [2.75, 3.05) is 0 Å². The van der Waals surface area contributed by atoms with Crippen molar-refractivity contribution in [3.05, 3.63) is 59.4 Å². The molecule has 2 rings (SSSR count). The first-order valence-electron chi connectivity index (χ1n) is 6.76. The van der Waals surface area contributed by atoms with Crippen LogP contribution in [-0.4, -0.2) is 17.5 Å². The van der Waals surface area contributed by atoms with Crippen LogP contribution >= 0.6 is 0 Å². The number of pyridine rings is 1. The fourth-order valence-electron chi connectivity index (χ4n) is 1.92. The van der Waals surface area contributed by atoms with Crippen LogP contribution in [0.4, 0.5) is 8.78 Å². The molecule has 1 N–H and O–H groups in total. The second-order valence-corrected chi connectivity index (χ2v) is 4.75. The minimum atomic E-state index is -2.85. The van der Waals surface area contributed by atoms with E-state index in [0.29, 0.717) is 6.54 Å². The number of amides is 1. The zero-order valence-corrected chi connectivity index (χ0v) is 12.1. The molecule has 0 fully saturated rings. The van der Waals surface area contributed by atoms with Crippen LogP contribution in [0.2, 0.25) is 0 Å². The van der Waals surface area contributed by atoms with Gasteiger partial charge in [0.2, 0.25) is 5.91 Å². The van der Waals surface area contributed by atoms with Gasteiger partial charge in [-0.1, -0.05) is 18.2 Å². The predicted octanol–water partition coefficient (Wildman–Crippen LogP) is 2.85. The Balaban J connectivity index is 1.84. The molecule has 0 saturated heterocycles. The summed E-state index contributed by atoms with van der Waals surface area (Å²) in [5, 5.41) is 2.77. The van der Waals surface area contributed by atoms with Crippen molar-refractivity contribution in [1.29, 1.82) is 0 Å². The Morgan fingerprint density at radius 2 is 1.95 bits per heavy atom. The van der Waals surface area contributed by atoms with Gasteiger partial charge in [0.15, 0.2) is 0 Å². The third kappa shape index (κ3) is 5.12. The van der Waals surface area contributed by atoms with Crippen molar-refractivity contribution >= 4 is 5.91 Å². The summed E-state index contributed by atoms with van der Waals surface area (Å²) in [4.78, 5) is 16.1. The van der Waals surface area contributed by atoms with E-state index in [4.69, 9.17) is 0 Å². The van der Waals surface area contributed by atoms with Crippen LogP contribution in [0.25, 0.3) is 0 Å². The van der Waals surface area contributed by atoms with E-state index >= 15 is 0 Å². The highest BCUT2D eigenvalue weighted by atomic mass is 19.3. The molecule has 0 spiro atoms. The minimum Gasteiger partial charge on any atom is -0.435 e. The third-order valence-corrected chi connectivity index (χ3v) is 2.93. The molecule has 4 nitrogen and oxygen atoms in total. The van der Waals surface area contributed by atoms with Gasteiger partial charge < -0.3 is 10.1 Å². The van der Waals surface area contributed by atoms with Gasteiger partial charge in [0.25, 0.3) is 0 Å². The molecule has 0 bridgehead atoms. The molecular weight excluding hydrogens is 290 g/mol. The number of ether oxygens (including phenoxy) is 1. The number of benzene rings is 1. The van der Waals surface area contributed by atoms with Crippen molar-refractivity contribution in [3.63, 3.8) is 0 Å². The lowest BCUT2D eigenvalue weighted by atomic mass is 10.1. The SMILES string of the molecule is Cc1cccc(CNC(=O)Cc2ccc(OC(F)F)cc2)n1. The van der Waals surface area contributed by atoms with E-state index in [2.05, 4.69) is 15.0 Å². The summed E-state index contributed by atoms with van der Waals surface area (Å²) in [6.45, 7) is -0.613. The Morgan fingerprint density at radius 1 is 1.23 bits per heavy atom. The molecule has 1 aromatic carbocycles. The molecule has 116 valence electrons. The first-order chi connectivity index (χ1) is 10.5. The number of aryl methyl sites for hydroxylation is 1. The quantitative estimate of drug-likeness (QED) is 0.893. The molecule has 0 saturated carbocycles. The van der Waals surface area contributed by atoms with E-state index < -0.39 is 6.61 Å². The molecule has 0 unspecified atom stereocenters. The molecule has 1 heterocycles. The highest BCUT2D eigenvalue weighted by Crippen LogP contribution is 2.15. The first kappa shape index (κ1) is 15.9. The van der Waals surface area contributed by atoms with Crippen molar-refractivity contribution in [2.24, 2.45) is 0 Å². The van der Waals surface area contributed by atoms with Gasteiger partial charge in [0.05, 0.1) is 18.7 Å². The van der Waals surface area contributed by atoms with Crippen LogP contribution in [-0.2, 0) is 17.8 Å². The standard InChI is InChI=1S/C16H16F2N2O2/c1-11-3-2-4-13(20-11)10-19-15(21)9-12-5-7-14(8-6-12)22-16(17)18/h2-8,16H,9-10H2,1H3,(H,19,21). The zero-order chi connectivity index (χ0) is 15.9. The second kappa shape index (κ2) is 7.49. The number of carbonyl (C=O) groups is 1. The number of rotatable bonds is 6. The van der Waals surface area contributed by atoms with Gasteiger partial charge in [0.1, 0.15) is 5.75 Å². The molecule has 0 atom stereocenters. The van der Waals surface area contributed by atoms with E-state index in [0.717, 1.165) is 17.0 Å². The lowest BCUT2D eigenvalue weighted by Gasteiger charge is -2.07. The average molecular weight is 306 g/mol. The average Bonchev–Trinajstić information content (AvgIpc) is 2.47. The summed E-state index contributed by atoms with van der Waals surface area (Å²) in [5.41, 5.74) is 2.40. The number of nitrogens with one attached hydrogen (secondary N) is 1. The number of hydrogen-bond donors (Lipinski definition) is 1. The molecule has 0 aliphatic rings. The van der Waals surface area contributed by atoms with Gasteiger partial charge in [-0.3, -0.25) is 9.78 Å². The summed E-state index contributed by atoms with van der Waals surface area (Å²) in [7, 11) is 0. The van der Waals surface area contributed by atoms with Crippen LogP contribution in [0.15, 0.2) is 42.5 Å². The van der Waals surface area contributed by atoms with E-state index in [1.54, 1.807) is 12.1 Å². The van der Waals surface area contributed by atoms with Crippen molar-refractivity contribution in [3.8, 4) is 5.75 Å². The number of halogens is 2. The van der Waals surface area contributed by atoms with Crippen molar-refractivity contribution < 1.29 is 18.3 Å². The van der Waals surface area contributed by atoms with Gasteiger partial charge in [-0.05, 0) is 36.8 Å². The summed E-state index contributed by atoms with van der Waals surface area (Å²) in [6.07, 6.45) is 0.167. The summed E-state index contributed by atoms with van der Waals surface area (Å²) < 4.78 is 28.3. The first-order valence-corrected chi connectivity index (χ1v) is 6.76. The number of aromatic nitrogens is 1. The molecule has 2 aromatic rings. The van der Waals surface area contributed by atoms with Crippen LogP contribution in [0, 0.1) is 6.92 Å². The van der Waals surface area contributed by atoms with Gasteiger partial charge in [-0.2, -0.15) is 8.78 Å². The Labute approximate surface area is 127 Å². The van der Waals surface area contributed by atoms with E-state index in [-0.39, 0.29) is 18.1 Å². The topological polar surface area (TPSA) is 51.2 Å². The monoisotopic (exact) mass is 306 g/mol. The van der Waals surface area contributed by atoms with Crippen LogP contribution in [0.1, 0.15) is 17.0 Å². The molecule has 1 amide bonds. The van der Waals surface area contributed by atoms with E-state index in [1.165, 1.54) is 12.1 Å². The maximum Gasteiger partial charge on any atom is 0.387 e. The van der Waals surface area contributed by atoms with Crippen molar-refractivity contribution in [1.82, 2.24) is 10.3 Å². The minimum absolute atomic E-state index is 0.0723. The smallest absolute Gasteiger partial charge is 0.387 e. The van der Waals surface area contributed by atoms with Crippen LogP contribution < -0.4 is 10.1 Å². The fraction of sp³-hybridized carbons (Fsp3) is 0.250. The van der Waals surface area contributed by atoms with Crippen LogP contribution in [0.5, 0.6) is 5.75 Å². The molecule has 0 radical (unpaired) electrons. The second-order valence-electron chi connectivity index (χ2n) is 4.75. The highest BCUT2D eigenvalue weighted by molar-refractivity contribution is 5.78. The molecule has 1 aromatic heterocycles. The molecule has 22 heavy (non-hydrogen) atoms. The number of alkyl halides is 2. The maximum absolute atomic E-state index is 12.0. The molecule has 0 aliphatic carbocycles. The van der Waals surface area contributed by atoms with E-state index in [9.17, 15) is 13.6 Å². The largest absolute Gasteiger partial charge is 0.435 e. The zero-order valence-electron chi connectivity index (χ0n) is 12.1. The Bertz CT molecular complexity index is 630. The van der Waals surface area contributed by atoms with Gasteiger partial charge in [-0.25, -0.2) is 0 Å². The highest BCUT2D eigenvalue weighted by Gasteiger charge is 2.06. The van der Waals surface area contributed by atoms with Gasteiger partial charge >= 0.3 is 6.61 Å². The lowest BCUT2D eigenvalue weighted by Crippen LogP contribution is -2.25. The van der Waals surface area contributed by atoms with Crippen molar-refractivity contribution in [2.45, 2.75) is 26.5 Å². The summed E-state index contributed by atoms with van der Waals surface area (Å²) >= 11 is 0. The number of carbonyl (C=O) groups excluding carboxylic acids is 1. The number of hydrogen-bond acceptors (Lipinski definition) is 3. The molecular formula is C16H16F2N2O2.